The van der Waals surface area contributed by atoms with E-state index in [0.717, 1.165) is 29.3 Å². The lowest BCUT2D eigenvalue weighted by atomic mass is 9.85. The lowest BCUT2D eigenvalue weighted by Crippen LogP contribution is -2.23. The predicted octanol–water partition coefficient (Wildman–Crippen LogP) is 8.98. The first kappa shape index (κ1) is 25.9. The van der Waals surface area contributed by atoms with E-state index in [2.05, 4.69) is 127 Å². The highest BCUT2D eigenvalue weighted by molar-refractivity contribution is 5.68. The summed E-state index contributed by atoms with van der Waals surface area (Å²) in [6.07, 6.45) is 3.42. The Hall–Kier alpha value is -3.20. The van der Waals surface area contributed by atoms with Crippen LogP contribution in [0.5, 0.6) is 0 Å². The maximum absolute atomic E-state index is 4.79. The highest BCUT2D eigenvalue weighted by atomic mass is 15.3. The van der Waals surface area contributed by atoms with Crippen LogP contribution >= 0.6 is 0 Å². The molecule has 0 radical (unpaired) electrons. The number of hydrogen-bond donors (Lipinski definition) is 0. The van der Waals surface area contributed by atoms with Crippen molar-refractivity contribution in [2.45, 2.75) is 85.5 Å². The second kappa shape index (κ2) is 10.0. The highest BCUT2D eigenvalue weighted by Crippen LogP contribution is 2.35. The molecule has 3 nitrogen and oxygen atoms in total. The Labute approximate surface area is 217 Å². The van der Waals surface area contributed by atoms with Gasteiger partial charge in [0, 0.05) is 11.0 Å². The predicted molar refractivity (Wildman–Crippen MR) is 153 cm³/mol. The Morgan fingerprint density at radius 3 is 2.06 bits per heavy atom. The third kappa shape index (κ3) is 5.31. The van der Waals surface area contributed by atoms with Crippen molar-refractivity contribution in [1.82, 2.24) is 14.8 Å². The standard InChI is InChI=1S/C33H41N3/c1-9-10-20-33(7,8)31-35-34-30(27-13-11-12-23(2)21-27)36(31)29-19-16-26(22-24(29)3)25-14-17-28(18-15-25)32(4,5)6/h11-19,21-22H,9-10,20H2,1-8H3. The van der Waals surface area contributed by atoms with E-state index >= 15 is 0 Å². The molecule has 0 fully saturated rings. The van der Waals surface area contributed by atoms with Crippen LogP contribution in [-0.4, -0.2) is 14.8 Å². The van der Waals surface area contributed by atoms with Crippen molar-refractivity contribution in [2.75, 3.05) is 0 Å². The van der Waals surface area contributed by atoms with Gasteiger partial charge in [-0.25, -0.2) is 0 Å². The van der Waals surface area contributed by atoms with Crippen molar-refractivity contribution in [3.05, 3.63) is 89.2 Å². The molecule has 0 saturated carbocycles. The second-order valence-corrected chi connectivity index (χ2v) is 11.9. The van der Waals surface area contributed by atoms with Crippen LogP contribution < -0.4 is 0 Å². The van der Waals surface area contributed by atoms with Crippen molar-refractivity contribution < 1.29 is 0 Å². The molecule has 1 aromatic heterocycles. The van der Waals surface area contributed by atoms with Crippen LogP contribution in [0.25, 0.3) is 28.2 Å². The van der Waals surface area contributed by atoms with Crippen LogP contribution in [0.2, 0.25) is 0 Å². The van der Waals surface area contributed by atoms with Crippen LogP contribution in [0.3, 0.4) is 0 Å². The molecule has 0 aliphatic carbocycles. The minimum atomic E-state index is -0.0843. The zero-order chi connectivity index (χ0) is 26.1. The summed E-state index contributed by atoms with van der Waals surface area (Å²) in [6, 6.07) is 24.3. The van der Waals surface area contributed by atoms with E-state index in [1.165, 1.54) is 40.7 Å². The van der Waals surface area contributed by atoms with E-state index in [4.69, 9.17) is 10.2 Å². The Bertz CT molecular complexity index is 1330. The van der Waals surface area contributed by atoms with Gasteiger partial charge in [0.05, 0.1) is 5.69 Å². The lowest BCUT2D eigenvalue weighted by molar-refractivity contribution is 0.425. The van der Waals surface area contributed by atoms with Gasteiger partial charge in [-0.15, -0.1) is 10.2 Å². The molecule has 0 aliphatic rings. The fourth-order valence-corrected chi connectivity index (χ4v) is 4.90. The Kier molecular flexibility index (Phi) is 7.22. The molecule has 3 heteroatoms. The number of nitrogens with zero attached hydrogens (tertiary/aromatic N) is 3. The minimum absolute atomic E-state index is 0.0843. The average Bonchev–Trinajstić information content (AvgIpc) is 3.28. The van der Waals surface area contributed by atoms with E-state index in [1.807, 2.05) is 0 Å². The van der Waals surface area contributed by atoms with Gasteiger partial charge in [0.25, 0.3) is 0 Å². The largest absolute Gasteiger partial charge is 0.278 e. The third-order valence-corrected chi connectivity index (χ3v) is 7.22. The number of aryl methyl sites for hydroxylation is 2. The van der Waals surface area contributed by atoms with E-state index in [1.54, 1.807) is 0 Å². The van der Waals surface area contributed by atoms with Gasteiger partial charge in [-0.1, -0.05) is 108 Å². The second-order valence-electron chi connectivity index (χ2n) is 11.9. The molecule has 0 saturated heterocycles. The van der Waals surface area contributed by atoms with Crippen LogP contribution in [0.1, 0.15) is 83.3 Å². The van der Waals surface area contributed by atoms with E-state index in [0.29, 0.717) is 0 Å². The molecule has 4 aromatic rings. The van der Waals surface area contributed by atoms with Crippen molar-refractivity contribution in [3.8, 4) is 28.2 Å². The summed E-state index contributed by atoms with van der Waals surface area (Å²) in [7, 11) is 0. The number of hydrogen-bond acceptors (Lipinski definition) is 2. The van der Waals surface area contributed by atoms with E-state index in [9.17, 15) is 0 Å². The molecule has 0 spiro atoms. The van der Waals surface area contributed by atoms with Gasteiger partial charge < -0.3 is 0 Å². The molecule has 0 unspecified atom stereocenters. The molecule has 0 atom stereocenters. The SMILES string of the molecule is CCCCC(C)(C)c1nnc(-c2cccc(C)c2)n1-c1ccc(-c2ccc(C(C)(C)C)cc2)cc1C. The van der Waals surface area contributed by atoms with Crippen LogP contribution in [-0.2, 0) is 10.8 Å². The summed E-state index contributed by atoms with van der Waals surface area (Å²) in [5.74, 6) is 1.93. The van der Waals surface area contributed by atoms with Gasteiger partial charge in [0.1, 0.15) is 5.82 Å². The molecule has 0 N–H and O–H groups in total. The summed E-state index contributed by atoms with van der Waals surface area (Å²) in [6.45, 7) is 17.9. The summed E-state index contributed by atoms with van der Waals surface area (Å²) >= 11 is 0. The normalized spacial score (nSPS) is 12.2. The number of rotatable bonds is 7. The lowest BCUT2D eigenvalue weighted by Gasteiger charge is -2.26. The molecule has 0 bridgehead atoms. The monoisotopic (exact) mass is 479 g/mol. The van der Waals surface area contributed by atoms with Crippen molar-refractivity contribution in [3.63, 3.8) is 0 Å². The quantitative estimate of drug-likeness (QED) is 0.265. The van der Waals surface area contributed by atoms with Gasteiger partial charge in [-0.2, -0.15) is 0 Å². The molecule has 0 amide bonds. The summed E-state index contributed by atoms with van der Waals surface area (Å²) < 4.78 is 2.30. The van der Waals surface area contributed by atoms with Crippen molar-refractivity contribution >= 4 is 0 Å². The molecule has 0 aliphatic heterocycles. The summed E-state index contributed by atoms with van der Waals surface area (Å²) in [5.41, 5.74) is 8.57. The van der Waals surface area contributed by atoms with Crippen LogP contribution in [0, 0.1) is 13.8 Å². The average molecular weight is 480 g/mol. The number of aromatic nitrogens is 3. The highest BCUT2D eigenvalue weighted by Gasteiger charge is 2.30. The summed E-state index contributed by atoms with van der Waals surface area (Å²) in [4.78, 5) is 0. The van der Waals surface area contributed by atoms with Crippen molar-refractivity contribution in [1.29, 1.82) is 0 Å². The topological polar surface area (TPSA) is 30.7 Å². The first-order valence-electron chi connectivity index (χ1n) is 13.3. The first-order chi connectivity index (χ1) is 17.0. The molecule has 4 rings (SSSR count). The fraction of sp³-hybridized carbons (Fsp3) is 0.394. The third-order valence-electron chi connectivity index (χ3n) is 7.22. The molecule has 36 heavy (non-hydrogen) atoms. The Balaban J connectivity index is 1.82. The summed E-state index contributed by atoms with van der Waals surface area (Å²) in [5, 5.41) is 9.54. The van der Waals surface area contributed by atoms with Gasteiger partial charge in [-0.3, -0.25) is 4.57 Å². The molecular formula is C33H41N3. The first-order valence-corrected chi connectivity index (χ1v) is 13.3. The minimum Gasteiger partial charge on any atom is -0.278 e. The smallest absolute Gasteiger partial charge is 0.168 e. The maximum Gasteiger partial charge on any atom is 0.168 e. The van der Waals surface area contributed by atoms with Gasteiger partial charge in [-0.05, 0) is 66.1 Å². The van der Waals surface area contributed by atoms with Gasteiger partial charge in [0.15, 0.2) is 5.82 Å². The fourth-order valence-electron chi connectivity index (χ4n) is 4.90. The van der Waals surface area contributed by atoms with E-state index in [-0.39, 0.29) is 10.8 Å². The molecule has 3 aromatic carbocycles. The Morgan fingerprint density at radius 1 is 0.750 bits per heavy atom. The van der Waals surface area contributed by atoms with Gasteiger partial charge in [0.2, 0.25) is 0 Å². The van der Waals surface area contributed by atoms with Crippen LogP contribution in [0.4, 0.5) is 0 Å². The molecule has 1 heterocycles. The van der Waals surface area contributed by atoms with Crippen LogP contribution in [0.15, 0.2) is 66.7 Å². The zero-order valence-corrected chi connectivity index (χ0v) is 23.3. The molecular weight excluding hydrogens is 438 g/mol. The Morgan fingerprint density at radius 2 is 1.44 bits per heavy atom. The molecule has 188 valence electrons. The number of unbranched alkanes of at least 4 members (excludes halogenated alkanes) is 1. The zero-order valence-electron chi connectivity index (χ0n) is 23.3. The maximum atomic E-state index is 4.79. The van der Waals surface area contributed by atoms with Gasteiger partial charge >= 0.3 is 0 Å². The number of benzene rings is 3. The van der Waals surface area contributed by atoms with Crippen molar-refractivity contribution in [2.24, 2.45) is 0 Å². The van der Waals surface area contributed by atoms with E-state index < -0.39 is 0 Å².